The Hall–Kier alpha value is -0.120. The average Bonchev–Trinajstić information content (AvgIpc) is 2.93. The molecule has 2 rings (SSSR count). The largest absolute Gasteiger partial charge is 0.388 e. The van der Waals surface area contributed by atoms with Gasteiger partial charge in [-0.1, -0.05) is 6.92 Å². The molecule has 0 radical (unpaired) electrons. The number of aliphatic hydroxyl groups is 1. The summed E-state index contributed by atoms with van der Waals surface area (Å²) in [6.45, 7) is 4.66. The van der Waals surface area contributed by atoms with E-state index >= 15 is 0 Å². The normalized spacial score (nSPS) is 36.2. The smallest absolute Gasteiger partial charge is 0.0826 e. The molecule has 3 heteroatoms. The minimum Gasteiger partial charge on any atom is -0.388 e. The van der Waals surface area contributed by atoms with E-state index in [0.717, 1.165) is 32.0 Å². The fourth-order valence-electron chi connectivity index (χ4n) is 2.70. The van der Waals surface area contributed by atoms with Crippen LogP contribution in [0.4, 0.5) is 0 Å². The van der Waals surface area contributed by atoms with Crippen LogP contribution in [-0.4, -0.2) is 41.3 Å². The topological polar surface area (TPSA) is 49.5 Å². The number of hydrogen-bond donors (Lipinski definition) is 2. The van der Waals surface area contributed by atoms with Crippen molar-refractivity contribution >= 4 is 0 Å². The molecule has 0 aromatic rings. The van der Waals surface area contributed by atoms with Gasteiger partial charge in [-0.2, -0.15) is 0 Å². The van der Waals surface area contributed by atoms with Gasteiger partial charge in [-0.05, 0) is 32.2 Å². The zero-order chi connectivity index (χ0) is 10.2. The van der Waals surface area contributed by atoms with E-state index in [-0.39, 0.29) is 5.92 Å². The van der Waals surface area contributed by atoms with E-state index in [1.54, 1.807) is 0 Å². The van der Waals surface area contributed by atoms with Crippen molar-refractivity contribution in [1.82, 2.24) is 4.90 Å². The van der Waals surface area contributed by atoms with Gasteiger partial charge in [-0.15, -0.1) is 0 Å². The van der Waals surface area contributed by atoms with Gasteiger partial charge in [0.25, 0.3) is 0 Å². The first kappa shape index (κ1) is 10.4. The number of hydrogen-bond acceptors (Lipinski definition) is 3. The van der Waals surface area contributed by atoms with Crippen LogP contribution in [0.1, 0.15) is 32.6 Å². The first-order chi connectivity index (χ1) is 6.69. The highest BCUT2D eigenvalue weighted by atomic mass is 16.3. The van der Waals surface area contributed by atoms with Gasteiger partial charge in [-0.3, -0.25) is 4.90 Å². The standard InChI is InChI=1S/C11H22N2O/c1-2-9(7-12)11(14)5-6-13(8-11)10-3-4-10/h9-10,14H,2-8,12H2,1H3. The highest BCUT2D eigenvalue weighted by molar-refractivity contribution is 4.99. The molecule has 1 saturated heterocycles. The van der Waals surface area contributed by atoms with Crippen LogP contribution in [0.2, 0.25) is 0 Å². The third-order valence-electron chi connectivity index (χ3n) is 3.91. The summed E-state index contributed by atoms with van der Waals surface area (Å²) in [4.78, 5) is 2.44. The Morgan fingerprint density at radius 2 is 2.29 bits per heavy atom. The predicted octanol–water partition coefficient (Wildman–Crippen LogP) is 0.570. The van der Waals surface area contributed by atoms with Crippen LogP contribution >= 0.6 is 0 Å². The molecule has 0 amide bonds. The van der Waals surface area contributed by atoms with Gasteiger partial charge in [0.2, 0.25) is 0 Å². The summed E-state index contributed by atoms with van der Waals surface area (Å²) in [5, 5.41) is 10.5. The van der Waals surface area contributed by atoms with Crippen LogP contribution in [0.3, 0.4) is 0 Å². The number of β-amino-alcohol motifs (C(OH)–C–C–N with tert-alkyl or cyclic N) is 1. The lowest BCUT2D eigenvalue weighted by Crippen LogP contribution is -2.44. The van der Waals surface area contributed by atoms with Crippen molar-refractivity contribution in [1.29, 1.82) is 0 Å². The van der Waals surface area contributed by atoms with Crippen molar-refractivity contribution in [3.05, 3.63) is 0 Å². The van der Waals surface area contributed by atoms with Crippen LogP contribution in [0.5, 0.6) is 0 Å². The second kappa shape index (κ2) is 3.80. The van der Waals surface area contributed by atoms with Gasteiger partial charge in [0, 0.05) is 25.0 Å². The Balaban J connectivity index is 1.95. The zero-order valence-corrected chi connectivity index (χ0v) is 9.08. The molecule has 1 aliphatic heterocycles. The maximum atomic E-state index is 10.5. The Bertz CT molecular complexity index is 201. The van der Waals surface area contributed by atoms with Gasteiger partial charge in [-0.25, -0.2) is 0 Å². The van der Waals surface area contributed by atoms with E-state index in [1.165, 1.54) is 12.8 Å². The Kier molecular flexibility index (Phi) is 2.82. The van der Waals surface area contributed by atoms with Crippen molar-refractivity contribution in [2.45, 2.75) is 44.2 Å². The summed E-state index contributed by atoms with van der Waals surface area (Å²) < 4.78 is 0. The highest BCUT2D eigenvalue weighted by Gasteiger charge is 2.45. The van der Waals surface area contributed by atoms with E-state index in [1.807, 2.05) is 0 Å². The molecule has 14 heavy (non-hydrogen) atoms. The van der Waals surface area contributed by atoms with E-state index in [2.05, 4.69) is 11.8 Å². The molecule has 2 fully saturated rings. The molecule has 0 bridgehead atoms. The molecule has 1 aliphatic carbocycles. The number of nitrogens with two attached hydrogens (primary N) is 1. The maximum Gasteiger partial charge on any atom is 0.0826 e. The SMILES string of the molecule is CCC(CN)C1(O)CCN(C2CC2)C1. The monoisotopic (exact) mass is 198 g/mol. The van der Waals surface area contributed by atoms with E-state index in [0.29, 0.717) is 6.54 Å². The van der Waals surface area contributed by atoms with E-state index in [9.17, 15) is 5.11 Å². The Labute approximate surface area is 86.3 Å². The summed E-state index contributed by atoms with van der Waals surface area (Å²) >= 11 is 0. The molecule has 2 aliphatic rings. The molecule has 0 aromatic heterocycles. The first-order valence-electron chi connectivity index (χ1n) is 5.86. The quantitative estimate of drug-likeness (QED) is 0.694. The van der Waals surface area contributed by atoms with E-state index < -0.39 is 5.60 Å². The number of rotatable bonds is 4. The fraction of sp³-hybridized carbons (Fsp3) is 1.00. The van der Waals surface area contributed by atoms with Crippen molar-refractivity contribution in [2.75, 3.05) is 19.6 Å². The molecule has 3 N–H and O–H groups in total. The molecule has 2 atom stereocenters. The second-order valence-corrected chi connectivity index (χ2v) is 4.90. The zero-order valence-electron chi connectivity index (χ0n) is 9.08. The average molecular weight is 198 g/mol. The van der Waals surface area contributed by atoms with Crippen molar-refractivity contribution in [3.63, 3.8) is 0 Å². The molecule has 0 aromatic carbocycles. The molecule has 2 unspecified atom stereocenters. The maximum absolute atomic E-state index is 10.5. The minimum atomic E-state index is -0.494. The highest BCUT2D eigenvalue weighted by Crippen LogP contribution is 2.37. The summed E-state index contributed by atoms with van der Waals surface area (Å²) in [6, 6.07) is 0.777. The van der Waals surface area contributed by atoms with Crippen LogP contribution < -0.4 is 5.73 Å². The lowest BCUT2D eigenvalue weighted by Gasteiger charge is -2.31. The third-order valence-corrected chi connectivity index (χ3v) is 3.91. The molecular weight excluding hydrogens is 176 g/mol. The lowest BCUT2D eigenvalue weighted by molar-refractivity contribution is -0.00786. The van der Waals surface area contributed by atoms with Gasteiger partial charge < -0.3 is 10.8 Å². The third kappa shape index (κ3) is 1.81. The minimum absolute atomic E-state index is 0.284. The second-order valence-electron chi connectivity index (χ2n) is 4.90. The van der Waals surface area contributed by atoms with Crippen LogP contribution in [-0.2, 0) is 0 Å². The van der Waals surface area contributed by atoms with Gasteiger partial charge in [0.1, 0.15) is 0 Å². The van der Waals surface area contributed by atoms with E-state index in [4.69, 9.17) is 5.73 Å². The van der Waals surface area contributed by atoms with Gasteiger partial charge >= 0.3 is 0 Å². The lowest BCUT2D eigenvalue weighted by atomic mass is 9.85. The number of nitrogens with zero attached hydrogens (tertiary/aromatic N) is 1. The fourth-order valence-corrected chi connectivity index (χ4v) is 2.70. The molecule has 1 heterocycles. The number of likely N-dealkylation sites (tertiary alicyclic amines) is 1. The van der Waals surface area contributed by atoms with Crippen molar-refractivity contribution in [2.24, 2.45) is 11.7 Å². The Morgan fingerprint density at radius 1 is 1.57 bits per heavy atom. The van der Waals surface area contributed by atoms with Crippen LogP contribution in [0.15, 0.2) is 0 Å². The molecule has 0 spiro atoms. The Morgan fingerprint density at radius 3 is 2.79 bits per heavy atom. The summed E-state index contributed by atoms with van der Waals surface area (Å²) in [5.74, 6) is 0.284. The molecule has 1 saturated carbocycles. The first-order valence-corrected chi connectivity index (χ1v) is 5.86. The summed E-state index contributed by atoms with van der Waals surface area (Å²) in [6.07, 6.45) is 4.57. The molecule has 3 nitrogen and oxygen atoms in total. The van der Waals surface area contributed by atoms with Gasteiger partial charge in [0.15, 0.2) is 0 Å². The van der Waals surface area contributed by atoms with Gasteiger partial charge in [0.05, 0.1) is 5.60 Å². The molecule has 82 valence electrons. The molecular formula is C11H22N2O. The van der Waals surface area contributed by atoms with Crippen LogP contribution in [0.25, 0.3) is 0 Å². The predicted molar refractivity (Wildman–Crippen MR) is 57.0 cm³/mol. The summed E-state index contributed by atoms with van der Waals surface area (Å²) in [7, 11) is 0. The summed E-state index contributed by atoms with van der Waals surface area (Å²) in [5.41, 5.74) is 5.21. The van der Waals surface area contributed by atoms with Crippen molar-refractivity contribution < 1.29 is 5.11 Å². The van der Waals surface area contributed by atoms with Crippen molar-refractivity contribution in [3.8, 4) is 0 Å². The van der Waals surface area contributed by atoms with Crippen LogP contribution in [0, 0.1) is 5.92 Å².